The third-order valence-electron chi connectivity index (χ3n) is 6.51. The van der Waals surface area contributed by atoms with E-state index in [1.54, 1.807) is 30.1 Å². The molecule has 0 unspecified atom stereocenters. The zero-order chi connectivity index (χ0) is 24.5. The summed E-state index contributed by atoms with van der Waals surface area (Å²) < 4.78 is 21.6. The second-order valence-electron chi connectivity index (χ2n) is 8.98. The van der Waals surface area contributed by atoms with E-state index in [0.717, 1.165) is 36.8 Å². The fraction of sp³-hybridized carbons (Fsp3) is 0.360. The summed E-state index contributed by atoms with van der Waals surface area (Å²) in [5, 5.41) is 10.4. The van der Waals surface area contributed by atoms with Crippen LogP contribution >= 0.6 is 0 Å². The number of pyridine rings is 1. The number of hydrogen-bond donors (Lipinski definition) is 3. The third-order valence-corrected chi connectivity index (χ3v) is 6.51. The number of carbonyl (C=O) groups excluding carboxylic acids is 2. The quantitative estimate of drug-likeness (QED) is 0.446. The Morgan fingerprint density at radius 2 is 2.00 bits per heavy atom. The molecule has 3 aromatic rings. The first-order chi connectivity index (χ1) is 16.9. The van der Waals surface area contributed by atoms with Crippen molar-refractivity contribution in [3.8, 4) is 16.9 Å². The molecular formula is C25H27FN6O3. The largest absolute Gasteiger partial charge is 0.494 e. The van der Waals surface area contributed by atoms with Crippen molar-refractivity contribution in [3.63, 3.8) is 0 Å². The fourth-order valence-electron chi connectivity index (χ4n) is 4.48. The molecule has 2 aromatic heterocycles. The first-order valence-electron chi connectivity index (χ1n) is 11.7. The number of para-hydroxylation sites is 1. The maximum atomic E-state index is 14.2. The molecule has 35 heavy (non-hydrogen) atoms. The minimum absolute atomic E-state index is 0.0126. The average molecular weight is 479 g/mol. The van der Waals surface area contributed by atoms with E-state index in [0.29, 0.717) is 29.4 Å². The number of methoxy groups -OCH3 is 1. The topological polar surface area (TPSA) is 124 Å². The molecule has 0 saturated heterocycles. The summed E-state index contributed by atoms with van der Waals surface area (Å²) in [7, 11) is 1.55. The van der Waals surface area contributed by atoms with Crippen molar-refractivity contribution in [1.82, 2.24) is 14.8 Å². The van der Waals surface area contributed by atoms with Gasteiger partial charge < -0.3 is 21.1 Å². The van der Waals surface area contributed by atoms with Gasteiger partial charge in [-0.15, -0.1) is 0 Å². The fourth-order valence-corrected chi connectivity index (χ4v) is 4.48. The number of nitrogens with one attached hydrogen (secondary N) is 2. The van der Waals surface area contributed by atoms with Crippen LogP contribution in [-0.4, -0.2) is 39.9 Å². The minimum atomic E-state index is -0.897. The van der Waals surface area contributed by atoms with Gasteiger partial charge in [-0.05, 0) is 38.2 Å². The van der Waals surface area contributed by atoms with Crippen molar-refractivity contribution in [1.29, 1.82) is 0 Å². The number of nitrogens with two attached hydrogens (primary N) is 1. The summed E-state index contributed by atoms with van der Waals surface area (Å²) in [5.41, 5.74) is 8.24. The number of hydrogen-bond acceptors (Lipinski definition) is 6. The van der Waals surface area contributed by atoms with Crippen LogP contribution in [0.15, 0.2) is 42.9 Å². The molecule has 4 N–H and O–H groups in total. The molecule has 10 heteroatoms. The molecule has 2 aliphatic rings. The Morgan fingerprint density at radius 3 is 2.69 bits per heavy atom. The van der Waals surface area contributed by atoms with Gasteiger partial charge in [-0.3, -0.25) is 14.3 Å². The first-order valence-corrected chi connectivity index (χ1v) is 11.7. The van der Waals surface area contributed by atoms with E-state index in [1.165, 1.54) is 6.20 Å². The highest BCUT2D eigenvalue weighted by Crippen LogP contribution is 2.40. The van der Waals surface area contributed by atoms with Gasteiger partial charge in [0, 0.05) is 35.5 Å². The summed E-state index contributed by atoms with van der Waals surface area (Å²) in [6.45, 7) is 0. The van der Waals surface area contributed by atoms with E-state index >= 15 is 0 Å². The van der Waals surface area contributed by atoms with Crippen LogP contribution in [0.2, 0.25) is 0 Å². The van der Waals surface area contributed by atoms with Gasteiger partial charge in [-0.25, -0.2) is 9.37 Å². The number of amides is 2. The van der Waals surface area contributed by atoms with Crippen LogP contribution in [0, 0.1) is 5.92 Å². The van der Waals surface area contributed by atoms with E-state index in [4.69, 9.17) is 10.5 Å². The molecule has 0 radical (unpaired) electrons. The summed E-state index contributed by atoms with van der Waals surface area (Å²) >= 11 is 0. The lowest BCUT2D eigenvalue weighted by Gasteiger charge is -2.17. The second-order valence-corrected chi connectivity index (χ2v) is 8.98. The number of benzene rings is 1. The number of halogens is 1. The number of rotatable bonds is 8. The molecule has 5 rings (SSSR count). The molecule has 2 aliphatic carbocycles. The zero-order valence-electron chi connectivity index (χ0n) is 19.3. The van der Waals surface area contributed by atoms with Crippen LogP contribution < -0.4 is 21.1 Å². The van der Waals surface area contributed by atoms with Crippen molar-refractivity contribution in [2.24, 2.45) is 11.7 Å². The number of anilines is 3. The van der Waals surface area contributed by atoms with Crippen molar-refractivity contribution < 1.29 is 18.7 Å². The highest BCUT2D eigenvalue weighted by Gasteiger charge is 2.30. The first kappa shape index (κ1) is 22.8. The predicted octanol–water partition coefficient (Wildman–Crippen LogP) is 4.21. The predicted molar refractivity (Wildman–Crippen MR) is 129 cm³/mol. The van der Waals surface area contributed by atoms with Crippen molar-refractivity contribution in [2.75, 3.05) is 17.7 Å². The highest BCUT2D eigenvalue weighted by atomic mass is 19.1. The Kier molecular flexibility index (Phi) is 6.10. The Balaban J connectivity index is 1.46. The average Bonchev–Trinajstić information content (AvgIpc) is 3.44. The van der Waals surface area contributed by atoms with Gasteiger partial charge in [0.05, 0.1) is 36.3 Å². The highest BCUT2D eigenvalue weighted by molar-refractivity contribution is 6.01. The lowest BCUT2D eigenvalue weighted by molar-refractivity contribution is -0.117. The second kappa shape index (κ2) is 9.36. The molecule has 0 aliphatic heterocycles. The normalized spacial score (nSPS) is 19.4. The Morgan fingerprint density at radius 1 is 1.17 bits per heavy atom. The lowest BCUT2D eigenvalue weighted by Crippen LogP contribution is -2.17. The Hall–Kier alpha value is -3.95. The summed E-state index contributed by atoms with van der Waals surface area (Å²) in [4.78, 5) is 28.4. The maximum absolute atomic E-state index is 14.2. The van der Waals surface area contributed by atoms with E-state index in [2.05, 4.69) is 20.7 Å². The number of aromatic nitrogens is 3. The molecule has 2 heterocycles. The van der Waals surface area contributed by atoms with Gasteiger partial charge in [0.15, 0.2) is 0 Å². The van der Waals surface area contributed by atoms with Gasteiger partial charge in [0.25, 0.3) is 5.91 Å². The van der Waals surface area contributed by atoms with E-state index < -0.39 is 12.1 Å². The molecule has 2 saturated carbocycles. The summed E-state index contributed by atoms with van der Waals surface area (Å²) in [6, 6.07) is 6.85. The molecule has 182 valence electrons. The number of alkyl halides is 1. The molecule has 0 bridgehead atoms. The van der Waals surface area contributed by atoms with Gasteiger partial charge >= 0.3 is 0 Å². The SMILES string of the molecule is COc1c(Nc2cc(NC(=O)C3CC3)ncc2C(N)=O)cccc1-c1cnn([C@@H]2CCC[C@H]2F)c1. The lowest BCUT2D eigenvalue weighted by atomic mass is 10.1. The van der Waals surface area contributed by atoms with E-state index in [9.17, 15) is 14.0 Å². The Labute approximate surface area is 201 Å². The van der Waals surface area contributed by atoms with Gasteiger partial charge in [-0.2, -0.15) is 5.10 Å². The standard InChI is InChI=1S/C25H27FN6O3/c1-35-23-16(15-11-29-32(13-15)21-7-3-5-18(21)26)4-2-6-19(23)30-20-10-22(28-12-17(20)24(27)33)31-25(34)14-8-9-14/h2,4,6,10-14,18,21H,3,5,7-9H2,1H3,(H2,27,33)(H2,28,30,31,34)/t18-,21-/m1/s1. The monoisotopic (exact) mass is 478 g/mol. The van der Waals surface area contributed by atoms with Crippen LogP contribution in [0.3, 0.4) is 0 Å². The molecule has 2 amide bonds. The zero-order valence-corrected chi connectivity index (χ0v) is 19.3. The smallest absolute Gasteiger partial charge is 0.252 e. The van der Waals surface area contributed by atoms with Crippen LogP contribution in [0.4, 0.5) is 21.6 Å². The maximum Gasteiger partial charge on any atom is 0.252 e. The van der Waals surface area contributed by atoms with Crippen molar-refractivity contribution in [2.45, 2.75) is 44.3 Å². The molecule has 9 nitrogen and oxygen atoms in total. The van der Waals surface area contributed by atoms with Gasteiger partial charge in [0.2, 0.25) is 5.91 Å². The Bertz CT molecular complexity index is 1270. The van der Waals surface area contributed by atoms with Crippen LogP contribution in [0.1, 0.15) is 48.5 Å². The molecule has 0 spiro atoms. The van der Waals surface area contributed by atoms with E-state index in [1.807, 2.05) is 18.3 Å². The van der Waals surface area contributed by atoms with Crippen LogP contribution in [-0.2, 0) is 4.79 Å². The van der Waals surface area contributed by atoms with Crippen molar-refractivity contribution in [3.05, 3.63) is 48.4 Å². The van der Waals surface area contributed by atoms with Crippen LogP contribution in [0.5, 0.6) is 5.75 Å². The molecule has 1 aromatic carbocycles. The number of ether oxygens (including phenoxy) is 1. The number of primary amides is 1. The third kappa shape index (κ3) is 4.68. The van der Waals surface area contributed by atoms with Crippen LogP contribution in [0.25, 0.3) is 11.1 Å². The number of carbonyl (C=O) groups is 2. The summed E-state index contributed by atoms with van der Waals surface area (Å²) in [5.74, 6) is 0.103. The molecule has 2 fully saturated rings. The summed E-state index contributed by atoms with van der Waals surface area (Å²) in [6.07, 6.45) is 7.86. The molecule has 2 atom stereocenters. The number of nitrogens with zero attached hydrogens (tertiary/aromatic N) is 3. The molecular weight excluding hydrogens is 451 g/mol. The minimum Gasteiger partial charge on any atom is -0.494 e. The van der Waals surface area contributed by atoms with Gasteiger partial charge in [0.1, 0.15) is 17.7 Å². The van der Waals surface area contributed by atoms with E-state index in [-0.39, 0.29) is 23.4 Å². The van der Waals surface area contributed by atoms with Gasteiger partial charge in [-0.1, -0.05) is 12.1 Å². The van der Waals surface area contributed by atoms with Crippen molar-refractivity contribution >= 4 is 29.0 Å².